The van der Waals surface area contributed by atoms with E-state index in [0.717, 1.165) is 37.0 Å². The van der Waals surface area contributed by atoms with Crippen LogP contribution in [0.15, 0.2) is 24.3 Å². The molecule has 0 spiro atoms. The Labute approximate surface area is 241 Å². The van der Waals surface area contributed by atoms with E-state index in [1.807, 2.05) is 0 Å². The van der Waals surface area contributed by atoms with Gasteiger partial charge in [-0.1, -0.05) is 108 Å². The van der Waals surface area contributed by atoms with Gasteiger partial charge in [-0.25, -0.2) is 9.69 Å². The molecule has 1 unspecified atom stereocenters. The standard InChI is InChI=1S/C31H51ClN4O3/c1-2-3-4-5-6-7-8-9-10-11-12-13-14-21-29(37)34-27(19-15-16-22-33)24-35-25-30(38)36(31(35)39)28-20-17-18-26(32)23-28/h17-18,20,23,27H,2-16,19,21-22,24-25,33H2,1H3,(H,34,37). The third kappa shape index (κ3) is 13.2. The zero-order chi connectivity index (χ0) is 28.3. The Kier molecular flexibility index (Phi) is 16.9. The van der Waals surface area contributed by atoms with Gasteiger partial charge >= 0.3 is 6.03 Å². The minimum atomic E-state index is -0.378. The molecule has 2 rings (SSSR count). The van der Waals surface area contributed by atoms with E-state index in [2.05, 4.69) is 12.2 Å². The van der Waals surface area contributed by atoms with E-state index in [1.165, 1.54) is 75.5 Å². The first-order valence-electron chi connectivity index (χ1n) is 15.3. The fraction of sp³-hybridized carbons (Fsp3) is 0.710. The van der Waals surface area contributed by atoms with E-state index in [9.17, 15) is 14.4 Å². The maximum absolute atomic E-state index is 13.0. The maximum Gasteiger partial charge on any atom is 0.331 e. The molecule has 1 heterocycles. The summed E-state index contributed by atoms with van der Waals surface area (Å²) in [5.41, 5.74) is 6.13. The van der Waals surface area contributed by atoms with Crippen molar-refractivity contribution in [3.05, 3.63) is 29.3 Å². The monoisotopic (exact) mass is 562 g/mol. The lowest BCUT2D eigenvalue weighted by atomic mass is 10.0. The van der Waals surface area contributed by atoms with Gasteiger partial charge in [0.05, 0.1) is 5.69 Å². The number of nitrogens with one attached hydrogen (secondary N) is 1. The molecule has 0 radical (unpaired) electrons. The summed E-state index contributed by atoms with van der Waals surface area (Å²) < 4.78 is 0. The largest absolute Gasteiger partial charge is 0.352 e. The first-order chi connectivity index (χ1) is 19.0. The molecule has 1 aromatic rings. The van der Waals surface area contributed by atoms with Crippen LogP contribution in [-0.4, -0.2) is 48.4 Å². The molecule has 1 saturated heterocycles. The molecular weight excluding hydrogens is 512 g/mol. The minimum absolute atomic E-state index is 0.00648. The average Bonchev–Trinajstić information content (AvgIpc) is 3.19. The van der Waals surface area contributed by atoms with Crippen LogP contribution in [0.2, 0.25) is 5.02 Å². The Morgan fingerprint density at radius 1 is 0.923 bits per heavy atom. The lowest BCUT2D eigenvalue weighted by Gasteiger charge is -2.24. The molecule has 0 aliphatic carbocycles. The number of amides is 4. The van der Waals surface area contributed by atoms with Crippen LogP contribution in [0.3, 0.4) is 0 Å². The van der Waals surface area contributed by atoms with Crippen molar-refractivity contribution in [2.24, 2.45) is 5.73 Å². The number of nitrogens with zero attached hydrogens (tertiary/aromatic N) is 2. The predicted molar refractivity (Wildman–Crippen MR) is 161 cm³/mol. The summed E-state index contributed by atoms with van der Waals surface area (Å²) in [4.78, 5) is 41.1. The second kappa shape index (κ2) is 19.9. The minimum Gasteiger partial charge on any atom is -0.352 e. The van der Waals surface area contributed by atoms with Crippen molar-refractivity contribution in [3.63, 3.8) is 0 Å². The number of imide groups is 1. The normalized spacial score (nSPS) is 14.3. The highest BCUT2D eigenvalue weighted by molar-refractivity contribution is 6.31. The lowest BCUT2D eigenvalue weighted by Crippen LogP contribution is -2.45. The highest BCUT2D eigenvalue weighted by Gasteiger charge is 2.38. The van der Waals surface area contributed by atoms with Crippen molar-refractivity contribution in [2.75, 3.05) is 24.5 Å². The molecule has 1 fully saturated rings. The zero-order valence-corrected chi connectivity index (χ0v) is 24.9. The Morgan fingerprint density at radius 2 is 1.54 bits per heavy atom. The van der Waals surface area contributed by atoms with Gasteiger partial charge in [-0.05, 0) is 44.0 Å². The van der Waals surface area contributed by atoms with E-state index >= 15 is 0 Å². The van der Waals surface area contributed by atoms with Gasteiger partial charge in [0.15, 0.2) is 0 Å². The van der Waals surface area contributed by atoms with Crippen LogP contribution in [-0.2, 0) is 9.59 Å². The fourth-order valence-corrected chi connectivity index (χ4v) is 5.36. The number of rotatable bonds is 22. The topological polar surface area (TPSA) is 95.7 Å². The van der Waals surface area contributed by atoms with Gasteiger partial charge in [0, 0.05) is 24.0 Å². The fourth-order valence-electron chi connectivity index (χ4n) is 5.18. The molecule has 3 N–H and O–H groups in total. The Hall–Kier alpha value is -2.12. The molecule has 220 valence electrons. The van der Waals surface area contributed by atoms with Crippen LogP contribution < -0.4 is 16.0 Å². The summed E-state index contributed by atoms with van der Waals surface area (Å²) in [5, 5.41) is 3.59. The molecule has 7 nitrogen and oxygen atoms in total. The van der Waals surface area contributed by atoms with E-state index < -0.39 is 0 Å². The first kappa shape index (κ1) is 33.1. The van der Waals surface area contributed by atoms with Crippen LogP contribution in [0.1, 0.15) is 116 Å². The second-order valence-corrected chi connectivity index (χ2v) is 11.4. The zero-order valence-electron chi connectivity index (χ0n) is 24.1. The van der Waals surface area contributed by atoms with Crippen molar-refractivity contribution >= 4 is 35.1 Å². The highest BCUT2D eigenvalue weighted by Crippen LogP contribution is 2.25. The predicted octanol–water partition coefficient (Wildman–Crippen LogP) is 7.20. The van der Waals surface area contributed by atoms with Gasteiger partial charge in [0.1, 0.15) is 6.54 Å². The second-order valence-electron chi connectivity index (χ2n) is 10.9. The number of nitrogens with two attached hydrogens (primary N) is 1. The summed E-state index contributed by atoms with van der Waals surface area (Å²) >= 11 is 6.06. The third-order valence-electron chi connectivity index (χ3n) is 7.42. The number of carbonyl (C=O) groups is 3. The molecule has 1 aromatic carbocycles. The van der Waals surface area contributed by atoms with Crippen molar-refractivity contribution in [2.45, 2.75) is 122 Å². The Bertz CT molecular complexity index is 866. The van der Waals surface area contributed by atoms with Crippen molar-refractivity contribution < 1.29 is 14.4 Å². The molecule has 1 aliphatic rings. The van der Waals surface area contributed by atoms with Crippen molar-refractivity contribution in [1.29, 1.82) is 0 Å². The SMILES string of the molecule is CCCCCCCCCCCCCCCC(=O)NC(CCCCN)CN1CC(=O)N(c2cccc(Cl)c2)C1=O. The van der Waals surface area contributed by atoms with Gasteiger partial charge in [0.25, 0.3) is 5.91 Å². The molecule has 8 heteroatoms. The molecule has 0 bridgehead atoms. The number of hydrogen-bond donors (Lipinski definition) is 2. The maximum atomic E-state index is 13.0. The van der Waals surface area contributed by atoms with Crippen molar-refractivity contribution in [1.82, 2.24) is 10.2 Å². The summed E-state index contributed by atoms with van der Waals surface area (Å²) in [6.45, 7) is 3.14. The number of carbonyl (C=O) groups excluding carboxylic acids is 3. The van der Waals surface area contributed by atoms with Gasteiger partial charge < -0.3 is 16.0 Å². The third-order valence-corrected chi connectivity index (χ3v) is 7.66. The average molecular weight is 563 g/mol. The number of unbranched alkanes of at least 4 members (excludes halogenated alkanes) is 13. The molecule has 1 atom stereocenters. The van der Waals surface area contributed by atoms with Crippen LogP contribution in [0, 0.1) is 0 Å². The molecule has 4 amide bonds. The molecule has 39 heavy (non-hydrogen) atoms. The summed E-state index contributed by atoms with van der Waals surface area (Å²) in [6.07, 6.45) is 19.4. The number of halogens is 1. The summed E-state index contributed by atoms with van der Waals surface area (Å²) in [6, 6.07) is 6.14. The smallest absolute Gasteiger partial charge is 0.331 e. The van der Waals surface area contributed by atoms with Crippen LogP contribution in [0.25, 0.3) is 0 Å². The Morgan fingerprint density at radius 3 is 2.13 bits per heavy atom. The van der Waals surface area contributed by atoms with E-state index in [0.29, 0.717) is 30.2 Å². The van der Waals surface area contributed by atoms with E-state index in [-0.39, 0.29) is 30.4 Å². The molecule has 0 saturated carbocycles. The molecule has 0 aromatic heterocycles. The summed E-state index contributed by atoms with van der Waals surface area (Å²) in [5.74, 6) is -0.276. The Balaban J connectivity index is 1.68. The van der Waals surface area contributed by atoms with Crippen LogP contribution in [0.5, 0.6) is 0 Å². The van der Waals surface area contributed by atoms with E-state index in [4.69, 9.17) is 17.3 Å². The van der Waals surface area contributed by atoms with Gasteiger partial charge in [-0.2, -0.15) is 0 Å². The van der Waals surface area contributed by atoms with Crippen molar-refractivity contribution in [3.8, 4) is 0 Å². The van der Waals surface area contributed by atoms with E-state index in [1.54, 1.807) is 24.3 Å². The van der Waals surface area contributed by atoms with Crippen LogP contribution in [0.4, 0.5) is 10.5 Å². The van der Waals surface area contributed by atoms with Gasteiger partial charge in [0.2, 0.25) is 5.91 Å². The number of hydrogen-bond acceptors (Lipinski definition) is 4. The van der Waals surface area contributed by atoms with Gasteiger partial charge in [-0.3, -0.25) is 9.59 Å². The number of benzene rings is 1. The molecular formula is C31H51ClN4O3. The lowest BCUT2D eigenvalue weighted by molar-refractivity contribution is -0.122. The highest BCUT2D eigenvalue weighted by atomic mass is 35.5. The number of urea groups is 1. The number of anilines is 1. The quantitative estimate of drug-likeness (QED) is 0.115. The molecule has 1 aliphatic heterocycles. The van der Waals surface area contributed by atoms with Crippen LogP contribution >= 0.6 is 11.6 Å². The first-order valence-corrected chi connectivity index (χ1v) is 15.7. The summed E-state index contributed by atoms with van der Waals surface area (Å²) in [7, 11) is 0. The van der Waals surface area contributed by atoms with Gasteiger partial charge in [-0.15, -0.1) is 0 Å².